The van der Waals surface area contributed by atoms with Gasteiger partial charge in [0.15, 0.2) is 0 Å². The lowest BCUT2D eigenvalue weighted by Crippen LogP contribution is -1.79. The molecule has 0 radical (unpaired) electrons. The van der Waals surface area contributed by atoms with Crippen molar-refractivity contribution in [2.24, 2.45) is 0 Å². The maximum atomic E-state index is 3.32. The molecule has 0 saturated heterocycles. The Morgan fingerprint density at radius 2 is 0.929 bits per heavy atom. The molecule has 14 heavy (non-hydrogen) atoms. The van der Waals surface area contributed by atoms with E-state index < -0.39 is 0 Å². The van der Waals surface area contributed by atoms with E-state index in [0.717, 1.165) is 0 Å². The van der Waals surface area contributed by atoms with Crippen LogP contribution in [0.4, 0.5) is 0 Å². The van der Waals surface area contributed by atoms with E-state index in [-0.39, 0.29) is 0 Å². The Balaban J connectivity index is 4.71. The number of rotatable bonds is 3. The Morgan fingerprint density at radius 1 is 0.643 bits per heavy atom. The highest BCUT2D eigenvalue weighted by molar-refractivity contribution is 9.11. The molecule has 0 bridgehead atoms. The molecule has 0 aliphatic heterocycles. The summed E-state index contributed by atoms with van der Waals surface area (Å²) >= 11 is 6.65. The number of allylic oxidation sites excluding steroid dienone is 6. The summed E-state index contributed by atoms with van der Waals surface area (Å²) in [4.78, 5) is 3.88. The van der Waals surface area contributed by atoms with Crippen molar-refractivity contribution in [3.05, 3.63) is 44.4 Å². The fourth-order valence-corrected chi connectivity index (χ4v) is 1.41. The Kier molecular flexibility index (Phi) is 7.20. The molecule has 0 aliphatic carbocycles. The molecule has 0 fully saturated rings. The molecule has 0 spiro atoms. The number of hydrogen-bond donors (Lipinski definition) is 0. The Hall–Kier alpha value is -0.0800. The summed E-state index contributed by atoms with van der Waals surface area (Å²) in [6.45, 7) is 8.36. The summed E-state index contributed by atoms with van der Waals surface area (Å²) in [5, 5.41) is 0. The van der Waals surface area contributed by atoms with E-state index in [1.807, 2.05) is 9.97 Å². The molecule has 78 valence electrons. The van der Waals surface area contributed by atoms with E-state index in [1.54, 1.807) is 0 Å². The van der Waals surface area contributed by atoms with Gasteiger partial charge in [-0.1, -0.05) is 44.0 Å². The largest absolute Gasteiger partial charge is 0.0592 e. The molecule has 0 aromatic carbocycles. The summed E-state index contributed by atoms with van der Waals surface area (Å²) in [6, 6.07) is 0. The molecular formula is C12H16Br2. The van der Waals surface area contributed by atoms with Crippen LogP contribution in [0.25, 0.3) is 0 Å². The zero-order valence-corrected chi connectivity index (χ0v) is 12.2. The first kappa shape index (κ1) is 13.9. The quantitative estimate of drug-likeness (QED) is 0.604. The van der Waals surface area contributed by atoms with Crippen LogP contribution in [0.1, 0.15) is 27.7 Å². The molecular weight excluding hydrogens is 304 g/mol. The predicted molar refractivity (Wildman–Crippen MR) is 72.9 cm³/mol. The highest BCUT2D eigenvalue weighted by atomic mass is 79.9. The van der Waals surface area contributed by atoms with Crippen molar-refractivity contribution in [1.29, 1.82) is 0 Å². The molecule has 0 saturated carbocycles. The molecule has 0 amide bonds. The van der Waals surface area contributed by atoms with Gasteiger partial charge < -0.3 is 0 Å². The topological polar surface area (TPSA) is 0 Å². The second kappa shape index (κ2) is 7.24. The maximum absolute atomic E-state index is 3.32. The second-order valence-electron chi connectivity index (χ2n) is 3.28. The highest BCUT2D eigenvalue weighted by Crippen LogP contribution is 2.14. The van der Waals surface area contributed by atoms with Gasteiger partial charge in [-0.15, -0.1) is 0 Å². The first-order chi connectivity index (χ1) is 6.52. The molecule has 0 unspecified atom stereocenters. The summed E-state index contributed by atoms with van der Waals surface area (Å²) in [7, 11) is 0. The molecule has 2 heteroatoms. The molecule has 0 aliphatic rings. The van der Waals surface area contributed by atoms with Crippen LogP contribution in [0.3, 0.4) is 0 Å². The molecule has 0 nitrogen and oxygen atoms in total. The van der Waals surface area contributed by atoms with Crippen LogP contribution >= 0.6 is 31.9 Å². The van der Waals surface area contributed by atoms with Crippen LogP contribution in [0.5, 0.6) is 0 Å². The summed E-state index contributed by atoms with van der Waals surface area (Å²) in [5.41, 5.74) is 5.02. The van der Waals surface area contributed by atoms with Crippen LogP contribution in [0.2, 0.25) is 0 Å². The van der Waals surface area contributed by atoms with Crippen molar-refractivity contribution < 1.29 is 0 Å². The summed E-state index contributed by atoms with van der Waals surface area (Å²) in [6.07, 6.45) is 4.25. The average Bonchev–Trinajstić information content (AvgIpc) is 2.22. The van der Waals surface area contributed by atoms with Crippen LogP contribution in [0.15, 0.2) is 44.4 Å². The highest BCUT2D eigenvalue weighted by Gasteiger charge is 1.92. The molecule has 0 aromatic heterocycles. The lowest BCUT2D eigenvalue weighted by Gasteiger charge is -2.00. The molecule has 0 atom stereocenters. The third kappa shape index (κ3) is 4.97. The van der Waals surface area contributed by atoms with Gasteiger partial charge in [0.05, 0.1) is 0 Å². The van der Waals surface area contributed by atoms with Crippen molar-refractivity contribution in [2.45, 2.75) is 27.7 Å². The van der Waals surface area contributed by atoms with Crippen LogP contribution < -0.4 is 0 Å². The zero-order chi connectivity index (χ0) is 11.1. The second-order valence-corrected chi connectivity index (χ2v) is 4.20. The van der Waals surface area contributed by atoms with Crippen molar-refractivity contribution >= 4 is 31.9 Å². The van der Waals surface area contributed by atoms with E-state index in [9.17, 15) is 0 Å². The molecule has 0 aromatic rings. The third-order valence-corrected chi connectivity index (χ3v) is 3.53. The minimum Gasteiger partial charge on any atom is -0.0592 e. The van der Waals surface area contributed by atoms with Crippen molar-refractivity contribution in [2.75, 3.05) is 0 Å². The Bertz CT molecular complexity index is 272. The summed E-state index contributed by atoms with van der Waals surface area (Å²) in [5.74, 6) is 0. The number of halogens is 2. The van der Waals surface area contributed by atoms with Crippen molar-refractivity contribution in [1.82, 2.24) is 0 Å². The SMILES string of the molecule is CC(=C\Br)/C(C)=C/C=C(C)/C(C)=C/Br. The van der Waals surface area contributed by atoms with Gasteiger partial charge in [-0.25, -0.2) is 0 Å². The van der Waals surface area contributed by atoms with Gasteiger partial charge in [0.2, 0.25) is 0 Å². The van der Waals surface area contributed by atoms with Crippen LogP contribution in [0, 0.1) is 0 Å². The normalized spacial score (nSPS) is 16.1. The van der Waals surface area contributed by atoms with Crippen LogP contribution in [-0.2, 0) is 0 Å². The van der Waals surface area contributed by atoms with Gasteiger partial charge in [0, 0.05) is 0 Å². The fraction of sp³-hybridized carbons (Fsp3) is 0.333. The van der Waals surface area contributed by atoms with Crippen LogP contribution in [-0.4, -0.2) is 0 Å². The first-order valence-electron chi connectivity index (χ1n) is 4.42. The van der Waals surface area contributed by atoms with Gasteiger partial charge in [-0.3, -0.25) is 0 Å². The standard InChI is InChI=1S/C12H16Br2/c1-9(11(3)7-13)5-6-10(2)12(4)8-14/h5-8H,1-4H3/b9-5+,10-6+,11-7+,12-8+. The van der Waals surface area contributed by atoms with Gasteiger partial charge in [-0.05, 0) is 60.0 Å². The van der Waals surface area contributed by atoms with Crippen molar-refractivity contribution in [3.63, 3.8) is 0 Å². The third-order valence-electron chi connectivity index (χ3n) is 2.15. The maximum Gasteiger partial charge on any atom is -0.0157 e. The lowest BCUT2D eigenvalue weighted by atomic mass is 10.1. The van der Waals surface area contributed by atoms with Gasteiger partial charge >= 0.3 is 0 Å². The lowest BCUT2D eigenvalue weighted by molar-refractivity contribution is 1.33. The summed E-state index contributed by atoms with van der Waals surface area (Å²) < 4.78 is 0. The van der Waals surface area contributed by atoms with Gasteiger partial charge in [0.1, 0.15) is 0 Å². The Labute approximate surface area is 104 Å². The van der Waals surface area contributed by atoms with E-state index in [4.69, 9.17) is 0 Å². The Morgan fingerprint density at radius 3 is 1.14 bits per heavy atom. The van der Waals surface area contributed by atoms with E-state index in [0.29, 0.717) is 0 Å². The van der Waals surface area contributed by atoms with E-state index in [2.05, 4.69) is 71.7 Å². The smallest absolute Gasteiger partial charge is 0.0157 e. The fourth-order valence-electron chi connectivity index (χ4n) is 0.685. The molecule has 0 rings (SSSR count). The monoisotopic (exact) mass is 318 g/mol. The number of hydrogen-bond acceptors (Lipinski definition) is 0. The van der Waals surface area contributed by atoms with Gasteiger partial charge in [-0.2, -0.15) is 0 Å². The van der Waals surface area contributed by atoms with Gasteiger partial charge in [0.25, 0.3) is 0 Å². The minimum absolute atomic E-state index is 1.24. The zero-order valence-electron chi connectivity index (χ0n) is 9.07. The molecule has 0 N–H and O–H groups in total. The average molecular weight is 320 g/mol. The van der Waals surface area contributed by atoms with E-state index in [1.165, 1.54) is 22.3 Å². The van der Waals surface area contributed by atoms with Crippen molar-refractivity contribution in [3.8, 4) is 0 Å². The minimum atomic E-state index is 1.24. The molecule has 0 heterocycles. The first-order valence-corrected chi connectivity index (χ1v) is 6.26. The van der Waals surface area contributed by atoms with E-state index >= 15 is 0 Å². The predicted octanol–water partition coefficient (Wildman–Crippen LogP) is 5.48.